The van der Waals surface area contributed by atoms with E-state index in [0.717, 1.165) is 32.5 Å². The third-order valence-electron chi connectivity index (χ3n) is 3.29. The predicted octanol–water partition coefficient (Wildman–Crippen LogP) is 1.54. The highest BCUT2D eigenvalue weighted by Crippen LogP contribution is 2.19. The van der Waals surface area contributed by atoms with E-state index in [1.807, 2.05) is 0 Å². The van der Waals surface area contributed by atoms with E-state index in [0.29, 0.717) is 11.9 Å². The first kappa shape index (κ1) is 12.2. The van der Waals surface area contributed by atoms with Gasteiger partial charge in [-0.3, -0.25) is 0 Å². The van der Waals surface area contributed by atoms with Gasteiger partial charge in [0, 0.05) is 25.2 Å². The van der Waals surface area contributed by atoms with Crippen molar-refractivity contribution in [2.75, 3.05) is 31.6 Å². The van der Waals surface area contributed by atoms with Crippen molar-refractivity contribution in [3.63, 3.8) is 0 Å². The van der Waals surface area contributed by atoms with Crippen LogP contribution in [0.3, 0.4) is 0 Å². The van der Waals surface area contributed by atoms with Crippen LogP contribution in [0.25, 0.3) is 0 Å². The van der Waals surface area contributed by atoms with Gasteiger partial charge in [0.1, 0.15) is 12.1 Å². The van der Waals surface area contributed by atoms with Crippen molar-refractivity contribution >= 4 is 5.82 Å². The molecule has 5 heteroatoms. The van der Waals surface area contributed by atoms with Crippen molar-refractivity contribution in [1.29, 1.82) is 0 Å². The zero-order valence-corrected chi connectivity index (χ0v) is 10.4. The Hall–Kier alpha value is -1.23. The normalized spacial score (nSPS) is 22.5. The third kappa shape index (κ3) is 2.91. The molecule has 4 nitrogen and oxygen atoms in total. The van der Waals surface area contributed by atoms with E-state index in [1.54, 1.807) is 0 Å². The molecule has 1 aromatic heterocycles. The maximum absolute atomic E-state index is 13.1. The Morgan fingerprint density at radius 1 is 1.41 bits per heavy atom. The summed E-state index contributed by atoms with van der Waals surface area (Å²) in [5.74, 6) is 0.252. The number of nitrogens with zero attached hydrogens (tertiary/aromatic N) is 4. The van der Waals surface area contributed by atoms with Crippen molar-refractivity contribution in [2.24, 2.45) is 0 Å². The lowest BCUT2D eigenvalue weighted by molar-refractivity contribution is 0.327. The molecule has 1 fully saturated rings. The summed E-state index contributed by atoms with van der Waals surface area (Å²) in [5, 5.41) is 0. The fourth-order valence-corrected chi connectivity index (χ4v) is 2.38. The Kier molecular flexibility index (Phi) is 3.89. The van der Waals surface area contributed by atoms with E-state index in [4.69, 9.17) is 0 Å². The molecule has 0 radical (unpaired) electrons. The Morgan fingerprint density at radius 2 is 2.24 bits per heavy atom. The van der Waals surface area contributed by atoms with Crippen LogP contribution < -0.4 is 4.90 Å². The van der Waals surface area contributed by atoms with Crippen molar-refractivity contribution in [1.82, 2.24) is 14.9 Å². The molecule has 1 unspecified atom stereocenters. The molecule has 0 spiro atoms. The Bertz CT molecular complexity index is 371. The first-order valence-electron chi connectivity index (χ1n) is 6.13. The molecule has 1 aliphatic heterocycles. The second-order valence-corrected chi connectivity index (χ2v) is 4.57. The molecule has 2 heterocycles. The molecule has 17 heavy (non-hydrogen) atoms. The van der Waals surface area contributed by atoms with E-state index in [-0.39, 0.29) is 0 Å². The molecule has 0 aromatic carbocycles. The molecule has 94 valence electrons. The lowest BCUT2D eigenvalue weighted by Gasteiger charge is -2.31. The van der Waals surface area contributed by atoms with Crippen LogP contribution in [0.4, 0.5) is 10.2 Å². The van der Waals surface area contributed by atoms with Gasteiger partial charge < -0.3 is 9.80 Å². The van der Waals surface area contributed by atoms with Gasteiger partial charge in [0.05, 0.1) is 0 Å². The van der Waals surface area contributed by atoms with Gasteiger partial charge in [-0.25, -0.2) is 9.97 Å². The summed E-state index contributed by atoms with van der Waals surface area (Å²) in [5.41, 5.74) is 0. The number of likely N-dealkylation sites (N-methyl/N-ethyl adjacent to an activating group) is 1. The summed E-state index contributed by atoms with van der Waals surface area (Å²) in [4.78, 5) is 12.2. The lowest BCUT2D eigenvalue weighted by atomic mass is 10.2. The van der Waals surface area contributed by atoms with Crippen molar-refractivity contribution in [3.05, 3.63) is 18.3 Å². The highest BCUT2D eigenvalue weighted by molar-refractivity contribution is 5.38. The van der Waals surface area contributed by atoms with Crippen LogP contribution in [-0.2, 0) is 0 Å². The van der Waals surface area contributed by atoms with Crippen molar-refractivity contribution in [2.45, 2.75) is 25.8 Å². The SMILES string of the molecule is CCC1CN(C)CCCN1c1cc(F)ncn1. The Labute approximate surface area is 101 Å². The molecule has 0 N–H and O–H groups in total. The first-order chi connectivity index (χ1) is 8.20. The van der Waals surface area contributed by atoms with E-state index in [9.17, 15) is 4.39 Å². The van der Waals surface area contributed by atoms with Gasteiger partial charge >= 0.3 is 0 Å². The van der Waals surface area contributed by atoms with E-state index < -0.39 is 5.95 Å². The number of halogens is 1. The maximum atomic E-state index is 13.1. The molecule has 0 amide bonds. The summed E-state index contributed by atoms with van der Waals surface area (Å²) in [6.45, 7) is 5.18. The van der Waals surface area contributed by atoms with Crippen LogP contribution in [0.5, 0.6) is 0 Å². The zero-order chi connectivity index (χ0) is 12.3. The number of aromatic nitrogens is 2. The minimum Gasteiger partial charge on any atom is -0.352 e. The molecule has 1 saturated heterocycles. The van der Waals surface area contributed by atoms with Gasteiger partial charge in [0.15, 0.2) is 0 Å². The predicted molar refractivity (Wildman–Crippen MR) is 65.5 cm³/mol. The first-order valence-corrected chi connectivity index (χ1v) is 6.13. The second-order valence-electron chi connectivity index (χ2n) is 4.57. The smallest absolute Gasteiger partial charge is 0.218 e. The van der Waals surface area contributed by atoms with E-state index in [1.165, 1.54) is 12.4 Å². The van der Waals surface area contributed by atoms with Crippen LogP contribution in [0.2, 0.25) is 0 Å². The lowest BCUT2D eigenvalue weighted by Crippen LogP contribution is -2.40. The van der Waals surface area contributed by atoms with Crippen LogP contribution in [0, 0.1) is 5.95 Å². The largest absolute Gasteiger partial charge is 0.352 e. The monoisotopic (exact) mass is 238 g/mol. The van der Waals surface area contributed by atoms with Gasteiger partial charge in [0.2, 0.25) is 5.95 Å². The average molecular weight is 238 g/mol. The van der Waals surface area contributed by atoms with Crippen LogP contribution in [-0.4, -0.2) is 47.6 Å². The van der Waals surface area contributed by atoms with Crippen LogP contribution in [0.1, 0.15) is 19.8 Å². The molecule has 1 aliphatic rings. The maximum Gasteiger partial charge on any atom is 0.218 e. The van der Waals surface area contributed by atoms with Gasteiger partial charge in [-0.2, -0.15) is 4.39 Å². The van der Waals surface area contributed by atoms with Gasteiger partial charge in [-0.1, -0.05) is 6.92 Å². The number of hydrogen-bond acceptors (Lipinski definition) is 4. The standard InChI is InChI=1S/C12H19FN4/c1-3-10-8-16(2)5-4-6-17(10)12-7-11(13)14-9-15-12/h7,9-10H,3-6,8H2,1-2H3. The minimum absolute atomic E-state index is 0.400. The van der Waals surface area contributed by atoms with Crippen molar-refractivity contribution < 1.29 is 4.39 Å². The fraction of sp³-hybridized carbons (Fsp3) is 0.667. The van der Waals surface area contributed by atoms with Gasteiger partial charge in [-0.05, 0) is 26.4 Å². The molecular formula is C12H19FN4. The van der Waals surface area contributed by atoms with Crippen LogP contribution >= 0.6 is 0 Å². The van der Waals surface area contributed by atoms with E-state index >= 15 is 0 Å². The highest BCUT2D eigenvalue weighted by Gasteiger charge is 2.23. The van der Waals surface area contributed by atoms with Crippen LogP contribution in [0.15, 0.2) is 12.4 Å². The zero-order valence-electron chi connectivity index (χ0n) is 10.4. The summed E-state index contributed by atoms with van der Waals surface area (Å²) in [6, 6.07) is 1.82. The van der Waals surface area contributed by atoms with E-state index in [2.05, 4.69) is 33.7 Å². The molecule has 1 atom stereocenters. The second kappa shape index (κ2) is 5.40. The summed E-state index contributed by atoms with van der Waals surface area (Å²) < 4.78 is 13.1. The minimum atomic E-state index is -0.456. The highest BCUT2D eigenvalue weighted by atomic mass is 19.1. The number of rotatable bonds is 2. The third-order valence-corrected chi connectivity index (χ3v) is 3.29. The Balaban J connectivity index is 2.22. The molecule has 0 saturated carbocycles. The van der Waals surface area contributed by atoms with Gasteiger partial charge in [0.25, 0.3) is 0 Å². The molecule has 0 aliphatic carbocycles. The number of anilines is 1. The summed E-state index contributed by atoms with van der Waals surface area (Å²) >= 11 is 0. The molecule has 0 bridgehead atoms. The van der Waals surface area contributed by atoms with Crippen molar-refractivity contribution in [3.8, 4) is 0 Å². The molecule has 1 aromatic rings. The quantitative estimate of drug-likeness (QED) is 0.732. The molecule has 2 rings (SSSR count). The number of hydrogen-bond donors (Lipinski definition) is 0. The fourth-order valence-electron chi connectivity index (χ4n) is 2.38. The summed E-state index contributed by atoms with van der Waals surface area (Å²) in [6.07, 6.45) is 3.42. The topological polar surface area (TPSA) is 32.3 Å². The van der Waals surface area contributed by atoms with Gasteiger partial charge in [-0.15, -0.1) is 0 Å². The summed E-state index contributed by atoms with van der Waals surface area (Å²) in [7, 11) is 2.13. The Morgan fingerprint density at radius 3 is 2.94 bits per heavy atom. The molecular weight excluding hydrogens is 219 g/mol. The average Bonchev–Trinajstić information content (AvgIpc) is 2.50.